The first kappa shape index (κ1) is 11.0. The molecule has 84 valence electrons. The number of aromatic nitrogens is 2. The number of hydrogen-bond acceptors (Lipinski definition) is 5. The lowest BCUT2D eigenvalue weighted by molar-refractivity contribution is 0.281. The average molecular weight is 227 g/mol. The summed E-state index contributed by atoms with van der Waals surface area (Å²) in [6.45, 7) is -0.0454. The predicted octanol–water partition coefficient (Wildman–Crippen LogP) is 1.63. The molecular formula is C12H9N3O2. The molecule has 0 radical (unpaired) electrons. The molecule has 0 amide bonds. The molecule has 0 saturated heterocycles. The number of hydrogen-bond donors (Lipinski definition) is 1. The van der Waals surface area contributed by atoms with Crippen LogP contribution < -0.4 is 4.74 Å². The highest BCUT2D eigenvalue weighted by molar-refractivity contribution is 5.31. The Bertz CT molecular complexity index is 546. The van der Waals surface area contributed by atoms with Crippen LogP contribution in [-0.2, 0) is 6.61 Å². The van der Waals surface area contributed by atoms with Gasteiger partial charge in [0.1, 0.15) is 11.8 Å². The maximum Gasteiger partial charge on any atom is 0.237 e. The van der Waals surface area contributed by atoms with Gasteiger partial charge in [-0.25, -0.2) is 9.97 Å². The van der Waals surface area contributed by atoms with Crippen LogP contribution >= 0.6 is 0 Å². The van der Waals surface area contributed by atoms with E-state index in [0.717, 1.165) is 5.56 Å². The lowest BCUT2D eigenvalue weighted by atomic mass is 10.2. The topological polar surface area (TPSA) is 79.0 Å². The number of aliphatic hydroxyl groups excluding tert-OH is 1. The summed E-state index contributed by atoms with van der Waals surface area (Å²) < 4.78 is 5.43. The summed E-state index contributed by atoms with van der Waals surface area (Å²) >= 11 is 0. The molecule has 0 fully saturated rings. The van der Waals surface area contributed by atoms with Crippen LogP contribution in [0, 0.1) is 11.3 Å². The van der Waals surface area contributed by atoms with E-state index in [0.29, 0.717) is 11.6 Å². The van der Waals surface area contributed by atoms with Gasteiger partial charge in [0, 0.05) is 0 Å². The number of aliphatic hydroxyl groups is 1. The first-order chi connectivity index (χ1) is 8.31. The second kappa shape index (κ2) is 5.05. The lowest BCUT2D eigenvalue weighted by Gasteiger charge is -2.05. The number of nitriles is 1. The van der Waals surface area contributed by atoms with Crippen LogP contribution in [0.25, 0.3) is 0 Å². The minimum Gasteiger partial charge on any atom is -0.437 e. The van der Waals surface area contributed by atoms with Crippen molar-refractivity contribution in [3.63, 3.8) is 0 Å². The number of benzene rings is 1. The second-order valence-electron chi connectivity index (χ2n) is 3.26. The predicted molar refractivity (Wildman–Crippen MR) is 59.2 cm³/mol. The molecule has 0 aliphatic rings. The molecule has 1 aromatic carbocycles. The van der Waals surface area contributed by atoms with E-state index >= 15 is 0 Å². The fourth-order valence-electron chi connectivity index (χ4n) is 1.25. The van der Waals surface area contributed by atoms with Gasteiger partial charge in [-0.3, -0.25) is 0 Å². The Hall–Kier alpha value is -2.45. The minimum absolute atomic E-state index is 0.0454. The summed E-state index contributed by atoms with van der Waals surface area (Å²) in [5.74, 6) is 0.870. The van der Waals surface area contributed by atoms with Gasteiger partial charge in [0.2, 0.25) is 5.88 Å². The van der Waals surface area contributed by atoms with Crippen LogP contribution in [0.2, 0.25) is 0 Å². The van der Waals surface area contributed by atoms with Crippen molar-refractivity contribution >= 4 is 0 Å². The van der Waals surface area contributed by atoms with Crippen molar-refractivity contribution in [1.29, 1.82) is 5.26 Å². The summed E-state index contributed by atoms with van der Waals surface area (Å²) in [5, 5.41) is 17.5. The summed E-state index contributed by atoms with van der Waals surface area (Å²) in [4.78, 5) is 7.77. The Morgan fingerprint density at radius 1 is 1.29 bits per heavy atom. The van der Waals surface area contributed by atoms with Gasteiger partial charge in [0.15, 0.2) is 5.69 Å². The van der Waals surface area contributed by atoms with Crippen LogP contribution in [-0.4, -0.2) is 15.1 Å². The summed E-state index contributed by atoms with van der Waals surface area (Å²) in [6.07, 6.45) is 2.72. The van der Waals surface area contributed by atoms with Gasteiger partial charge in [-0.2, -0.15) is 5.26 Å². The first-order valence-electron chi connectivity index (χ1n) is 4.91. The second-order valence-corrected chi connectivity index (χ2v) is 3.26. The molecule has 0 unspecified atom stereocenters. The Morgan fingerprint density at radius 3 is 2.82 bits per heavy atom. The van der Waals surface area contributed by atoms with E-state index in [-0.39, 0.29) is 12.3 Å². The quantitative estimate of drug-likeness (QED) is 0.862. The summed E-state index contributed by atoms with van der Waals surface area (Å²) in [7, 11) is 0. The van der Waals surface area contributed by atoms with Crippen molar-refractivity contribution in [2.75, 3.05) is 0 Å². The van der Waals surface area contributed by atoms with Crippen LogP contribution in [0.15, 0.2) is 36.7 Å². The molecular weight excluding hydrogens is 218 g/mol. The minimum atomic E-state index is -0.0454. The van der Waals surface area contributed by atoms with Gasteiger partial charge >= 0.3 is 0 Å². The standard InChI is InChI=1S/C12H9N3O2/c13-5-10-6-15-12(7-14-10)17-11-3-1-2-9(4-11)8-16/h1-4,6-7,16H,8H2. The molecule has 0 aliphatic carbocycles. The zero-order chi connectivity index (χ0) is 12.1. The van der Waals surface area contributed by atoms with Crippen molar-refractivity contribution in [1.82, 2.24) is 9.97 Å². The van der Waals surface area contributed by atoms with Gasteiger partial charge in [-0.15, -0.1) is 0 Å². The van der Waals surface area contributed by atoms with Gasteiger partial charge in [0.25, 0.3) is 0 Å². The Balaban J connectivity index is 2.16. The van der Waals surface area contributed by atoms with Crippen LogP contribution in [0.1, 0.15) is 11.3 Å². The van der Waals surface area contributed by atoms with Crippen LogP contribution in [0.5, 0.6) is 11.6 Å². The van der Waals surface area contributed by atoms with Crippen molar-refractivity contribution in [2.24, 2.45) is 0 Å². The van der Waals surface area contributed by atoms with Crippen molar-refractivity contribution in [3.05, 3.63) is 47.9 Å². The molecule has 2 aromatic rings. The van der Waals surface area contributed by atoms with E-state index in [1.165, 1.54) is 12.4 Å². The molecule has 2 rings (SSSR count). The third-order valence-corrected chi connectivity index (χ3v) is 2.05. The van der Waals surface area contributed by atoms with E-state index < -0.39 is 0 Å². The van der Waals surface area contributed by atoms with E-state index in [2.05, 4.69) is 9.97 Å². The van der Waals surface area contributed by atoms with Crippen molar-refractivity contribution in [2.45, 2.75) is 6.61 Å². The highest BCUT2D eigenvalue weighted by atomic mass is 16.5. The third kappa shape index (κ3) is 2.77. The van der Waals surface area contributed by atoms with E-state index in [9.17, 15) is 0 Å². The molecule has 5 nitrogen and oxygen atoms in total. The molecule has 17 heavy (non-hydrogen) atoms. The zero-order valence-electron chi connectivity index (χ0n) is 8.87. The van der Waals surface area contributed by atoms with Gasteiger partial charge < -0.3 is 9.84 Å². The van der Waals surface area contributed by atoms with E-state index in [4.69, 9.17) is 15.1 Å². The Morgan fingerprint density at radius 2 is 2.18 bits per heavy atom. The highest BCUT2D eigenvalue weighted by Gasteiger charge is 2.01. The molecule has 0 saturated carbocycles. The van der Waals surface area contributed by atoms with Gasteiger partial charge in [-0.05, 0) is 17.7 Å². The Labute approximate surface area is 98.0 Å². The number of nitrogens with zero attached hydrogens (tertiary/aromatic N) is 3. The molecule has 1 N–H and O–H groups in total. The normalized spacial score (nSPS) is 9.65. The highest BCUT2D eigenvalue weighted by Crippen LogP contribution is 2.19. The average Bonchev–Trinajstić information content (AvgIpc) is 2.40. The Kier molecular flexibility index (Phi) is 3.28. The molecule has 0 atom stereocenters. The smallest absolute Gasteiger partial charge is 0.237 e. The van der Waals surface area contributed by atoms with Crippen molar-refractivity contribution < 1.29 is 9.84 Å². The number of ether oxygens (including phenoxy) is 1. The molecule has 5 heteroatoms. The maximum absolute atomic E-state index is 8.98. The van der Waals surface area contributed by atoms with Gasteiger partial charge in [-0.1, -0.05) is 12.1 Å². The van der Waals surface area contributed by atoms with E-state index in [1.54, 1.807) is 24.3 Å². The fraction of sp³-hybridized carbons (Fsp3) is 0.0833. The van der Waals surface area contributed by atoms with Crippen LogP contribution in [0.4, 0.5) is 0 Å². The van der Waals surface area contributed by atoms with Crippen molar-refractivity contribution in [3.8, 4) is 17.7 Å². The van der Waals surface area contributed by atoms with Crippen LogP contribution in [0.3, 0.4) is 0 Å². The third-order valence-electron chi connectivity index (χ3n) is 2.05. The maximum atomic E-state index is 8.98. The largest absolute Gasteiger partial charge is 0.437 e. The molecule has 0 aliphatic heterocycles. The molecule has 1 heterocycles. The summed E-state index contributed by atoms with van der Waals surface area (Å²) in [6, 6.07) is 8.90. The molecule has 1 aromatic heterocycles. The fourth-order valence-corrected chi connectivity index (χ4v) is 1.25. The van der Waals surface area contributed by atoms with Gasteiger partial charge in [0.05, 0.1) is 19.0 Å². The molecule has 0 bridgehead atoms. The zero-order valence-corrected chi connectivity index (χ0v) is 8.87. The first-order valence-corrected chi connectivity index (χ1v) is 4.91. The summed E-state index contributed by atoms with van der Waals surface area (Å²) in [5.41, 5.74) is 0.991. The molecule has 0 spiro atoms. The monoisotopic (exact) mass is 227 g/mol. The van der Waals surface area contributed by atoms with E-state index in [1.807, 2.05) is 6.07 Å². The number of rotatable bonds is 3. The lowest BCUT2D eigenvalue weighted by Crippen LogP contribution is -1.92. The SMILES string of the molecule is N#Cc1cnc(Oc2cccc(CO)c2)cn1.